The second kappa shape index (κ2) is 6.88. The number of hydrogen-bond acceptors (Lipinski definition) is 5. The molecule has 94 valence electrons. The van der Waals surface area contributed by atoms with Crippen LogP contribution in [0.1, 0.15) is 5.56 Å². The van der Waals surface area contributed by atoms with Gasteiger partial charge in [0.25, 0.3) is 5.91 Å². The summed E-state index contributed by atoms with van der Waals surface area (Å²) >= 11 is 0. The zero-order valence-corrected chi connectivity index (χ0v) is 9.25. The van der Waals surface area contributed by atoms with E-state index in [1.807, 2.05) is 11.5 Å². The lowest BCUT2D eigenvalue weighted by atomic mass is 10.2. The van der Waals surface area contributed by atoms with Crippen LogP contribution in [-0.4, -0.2) is 30.2 Å². The van der Waals surface area contributed by atoms with Gasteiger partial charge in [-0.3, -0.25) is 9.63 Å². The molecule has 0 spiro atoms. The monoisotopic (exact) mass is 250 g/mol. The molecule has 0 atom stereocenters. The van der Waals surface area contributed by atoms with Crippen LogP contribution in [0.5, 0.6) is 5.75 Å². The summed E-state index contributed by atoms with van der Waals surface area (Å²) in [6.07, 6.45) is 0. The summed E-state index contributed by atoms with van der Waals surface area (Å²) in [7, 11) is 0. The smallest absolute Gasteiger partial charge is 0.332 e. The normalized spacial score (nSPS) is 9.28. The summed E-state index contributed by atoms with van der Waals surface area (Å²) in [5.74, 6) is -1.38. The second-order valence-electron chi connectivity index (χ2n) is 3.13. The third-order valence-electron chi connectivity index (χ3n) is 1.73. The maximum atomic E-state index is 11.1. The van der Waals surface area contributed by atoms with Crippen molar-refractivity contribution in [2.24, 2.45) is 0 Å². The predicted octanol–water partition coefficient (Wildman–Crippen LogP) is 0.0695. The number of nitriles is 1. The van der Waals surface area contributed by atoms with E-state index in [1.54, 1.807) is 24.3 Å². The Hall–Kier alpha value is -2.59. The van der Waals surface area contributed by atoms with Crippen molar-refractivity contribution >= 4 is 11.9 Å². The van der Waals surface area contributed by atoms with Crippen LogP contribution < -0.4 is 10.2 Å². The molecule has 0 saturated heterocycles. The average Bonchev–Trinajstić information content (AvgIpc) is 2.36. The summed E-state index contributed by atoms with van der Waals surface area (Å²) in [5, 5.41) is 16.8. The van der Waals surface area contributed by atoms with Crippen molar-refractivity contribution in [3.8, 4) is 11.8 Å². The van der Waals surface area contributed by atoms with Gasteiger partial charge in [0.2, 0.25) is 0 Å². The number of nitrogens with one attached hydrogen (secondary N) is 1. The Labute approximate surface area is 102 Å². The van der Waals surface area contributed by atoms with E-state index in [2.05, 4.69) is 4.84 Å². The van der Waals surface area contributed by atoms with E-state index in [-0.39, 0.29) is 6.61 Å². The van der Waals surface area contributed by atoms with Gasteiger partial charge in [-0.1, -0.05) is 0 Å². The lowest BCUT2D eigenvalue weighted by molar-refractivity contribution is -0.149. The Balaban J connectivity index is 2.29. The zero-order chi connectivity index (χ0) is 13.4. The quantitative estimate of drug-likeness (QED) is 0.691. The van der Waals surface area contributed by atoms with Crippen LogP contribution in [0.15, 0.2) is 24.3 Å². The fraction of sp³-hybridized carbons (Fsp3) is 0.182. The van der Waals surface area contributed by atoms with Crippen molar-refractivity contribution in [2.45, 2.75) is 0 Å². The molecule has 0 radical (unpaired) electrons. The number of carboxylic acids is 1. The van der Waals surface area contributed by atoms with Gasteiger partial charge in [-0.25, -0.2) is 10.3 Å². The van der Waals surface area contributed by atoms with Crippen LogP contribution in [0.4, 0.5) is 0 Å². The first-order chi connectivity index (χ1) is 8.61. The number of ether oxygens (including phenoxy) is 1. The van der Waals surface area contributed by atoms with Crippen LogP contribution in [0.25, 0.3) is 0 Å². The molecule has 1 amide bonds. The number of aliphatic carboxylic acids is 1. The van der Waals surface area contributed by atoms with Crippen molar-refractivity contribution in [1.82, 2.24) is 5.48 Å². The van der Waals surface area contributed by atoms with Gasteiger partial charge >= 0.3 is 5.97 Å². The van der Waals surface area contributed by atoms with Crippen LogP contribution in [-0.2, 0) is 14.4 Å². The number of hydrogen-bond donors (Lipinski definition) is 2. The summed E-state index contributed by atoms with van der Waals surface area (Å²) in [4.78, 5) is 25.6. The predicted molar refractivity (Wildman–Crippen MR) is 58.4 cm³/mol. The second-order valence-corrected chi connectivity index (χ2v) is 3.13. The number of rotatable bonds is 6. The van der Waals surface area contributed by atoms with Gasteiger partial charge < -0.3 is 9.84 Å². The molecule has 18 heavy (non-hydrogen) atoms. The number of amides is 1. The highest BCUT2D eigenvalue weighted by Gasteiger charge is 2.04. The molecule has 0 aliphatic carbocycles. The van der Waals surface area contributed by atoms with Crippen molar-refractivity contribution in [2.75, 3.05) is 13.2 Å². The van der Waals surface area contributed by atoms with Gasteiger partial charge in [0.05, 0.1) is 11.6 Å². The molecule has 7 heteroatoms. The average molecular weight is 250 g/mol. The SMILES string of the molecule is N#Cc1ccc(OCC(=O)NOCC(=O)O)cc1. The highest BCUT2D eigenvalue weighted by Crippen LogP contribution is 2.10. The Morgan fingerprint density at radius 3 is 2.50 bits per heavy atom. The molecular formula is C11H10N2O5. The van der Waals surface area contributed by atoms with Gasteiger partial charge in [-0.15, -0.1) is 0 Å². The standard InChI is InChI=1S/C11H10N2O5/c12-5-8-1-3-9(4-2-8)17-6-10(14)13-18-7-11(15)16/h1-4H,6-7H2,(H,13,14)(H,15,16). The molecule has 7 nitrogen and oxygen atoms in total. The number of carboxylic acid groups (broad SMARTS) is 1. The molecule has 0 unspecified atom stereocenters. The molecule has 0 bridgehead atoms. The Morgan fingerprint density at radius 2 is 1.94 bits per heavy atom. The van der Waals surface area contributed by atoms with Crippen molar-refractivity contribution < 1.29 is 24.3 Å². The minimum absolute atomic E-state index is 0.314. The van der Waals surface area contributed by atoms with E-state index in [1.165, 1.54) is 0 Å². The molecule has 1 aromatic carbocycles. The van der Waals surface area contributed by atoms with Gasteiger partial charge in [0.15, 0.2) is 13.2 Å². The minimum Gasteiger partial charge on any atom is -0.484 e. The lowest BCUT2D eigenvalue weighted by Crippen LogP contribution is -2.30. The van der Waals surface area contributed by atoms with Gasteiger partial charge in [-0.05, 0) is 24.3 Å². The summed E-state index contributed by atoms with van der Waals surface area (Å²) in [5.41, 5.74) is 2.39. The molecule has 0 aliphatic rings. The number of carbonyl (C=O) groups is 2. The Morgan fingerprint density at radius 1 is 1.28 bits per heavy atom. The van der Waals surface area contributed by atoms with Gasteiger partial charge in [0.1, 0.15) is 5.75 Å². The third kappa shape index (κ3) is 4.96. The number of benzene rings is 1. The fourth-order valence-electron chi connectivity index (χ4n) is 0.982. The highest BCUT2D eigenvalue weighted by molar-refractivity contribution is 5.76. The minimum atomic E-state index is -1.19. The molecule has 1 aromatic rings. The fourth-order valence-corrected chi connectivity index (χ4v) is 0.982. The topological polar surface area (TPSA) is 109 Å². The Bertz CT molecular complexity index is 463. The van der Waals surface area contributed by atoms with Crippen LogP contribution in [0.3, 0.4) is 0 Å². The van der Waals surface area contributed by atoms with E-state index >= 15 is 0 Å². The van der Waals surface area contributed by atoms with Crippen LogP contribution >= 0.6 is 0 Å². The molecule has 0 saturated carbocycles. The molecule has 0 aliphatic heterocycles. The number of hydroxylamine groups is 1. The van der Waals surface area contributed by atoms with Gasteiger partial charge in [-0.2, -0.15) is 5.26 Å². The molecule has 0 aromatic heterocycles. The summed E-state index contributed by atoms with van der Waals surface area (Å²) < 4.78 is 5.08. The number of nitrogens with zero attached hydrogens (tertiary/aromatic N) is 1. The van der Waals surface area contributed by atoms with E-state index in [4.69, 9.17) is 15.1 Å². The molecule has 1 rings (SSSR count). The van der Waals surface area contributed by atoms with Crippen molar-refractivity contribution in [3.05, 3.63) is 29.8 Å². The lowest BCUT2D eigenvalue weighted by Gasteiger charge is -2.06. The Kier molecular flexibility index (Phi) is 5.15. The molecule has 0 fully saturated rings. The van der Waals surface area contributed by atoms with Crippen molar-refractivity contribution in [1.29, 1.82) is 5.26 Å². The maximum Gasteiger partial charge on any atom is 0.332 e. The molecule has 0 heterocycles. The van der Waals surface area contributed by atoms with E-state index < -0.39 is 18.5 Å². The number of carbonyl (C=O) groups excluding carboxylic acids is 1. The zero-order valence-electron chi connectivity index (χ0n) is 9.25. The van der Waals surface area contributed by atoms with Crippen LogP contribution in [0.2, 0.25) is 0 Å². The molecule has 2 N–H and O–H groups in total. The highest BCUT2D eigenvalue weighted by atomic mass is 16.7. The van der Waals surface area contributed by atoms with E-state index in [0.29, 0.717) is 11.3 Å². The van der Waals surface area contributed by atoms with E-state index in [9.17, 15) is 9.59 Å². The van der Waals surface area contributed by atoms with Crippen molar-refractivity contribution in [3.63, 3.8) is 0 Å². The van der Waals surface area contributed by atoms with Crippen LogP contribution in [0, 0.1) is 11.3 Å². The van der Waals surface area contributed by atoms with Gasteiger partial charge in [0, 0.05) is 0 Å². The first kappa shape index (κ1) is 13.5. The summed E-state index contributed by atoms with van der Waals surface area (Å²) in [6, 6.07) is 8.14. The summed E-state index contributed by atoms with van der Waals surface area (Å²) in [6.45, 7) is -0.936. The maximum absolute atomic E-state index is 11.1. The molecular weight excluding hydrogens is 240 g/mol. The first-order valence-corrected chi connectivity index (χ1v) is 4.87. The third-order valence-corrected chi connectivity index (χ3v) is 1.73. The first-order valence-electron chi connectivity index (χ1n) is 4.87. The largest absolute Gasteiger partial charge is 0.484 e. The van der Waals surface area contributed by atoms with E-state index in [0.717, 1.165) is 0 Å².